The summed E-state index contributed by atoms with van der Waals surface area (Å²) in [5.74, 6) is 0.662. The van der Waals surface area contributed by atoms with Gasteiger partial charge in [-0.15, -0.1) is 0 Å². The maximum absolute atomic E-state index is 11.5. The smallest absolute Gasteiger partial charge is 0.151 e. The molecule has 0 radical (unpaired) electrons. The van der Waals surface area contributed by atoms with Gasteiger partial charge in [-0.25, -0.2) is 8.42 Å². The first-order chi connectivity index (χ1) is 8.87. The molecular formula is C14H23NO3S. The average Bonchev–Trinajstić information content (AvgIpc) is 2.30. The third-order valence-corrected chi connectivity index (χ3v) is 3.65. The molecule has 4 nitrogen and oxygen atoms in total. The molecule has 5 heteroatoms. The summed E-state index contributed by atoms with van der Waals surface area (Å²) < 4.78 is 28.5. The van der Waals surface area contributed by atoms with E-state index >= 15 is 0 Å². The first kappa shape index (κ1) is 16.0. The molecule has 0 spiro atoms. The molecule has 0 aliphatic heterocycles. The predicted octanol–water partition coefficient (Wildman–Crippen LogP) is 2.30. The van der Waals surface area contributed by atoms with Gasteiger partial charge in [0.05, 0.1) is 12.4 Å². The Morgan fingerprint density at radius 3 is 2.53 bits per heavy atom. The van der Waals surface area contributed by atoms with Crippen molar-refractivity contribution in [3.05, 3.63) is 29.3 Å². The summed E-state index contributed by atoms with van der Waals surface area (Å²) in [5.41, 5.74) is 1.80. The Kier molecular flexibility index (Phi) is 5.82. The molecule has 0 saturated carbocycles. The average molecular weight is 285 g/mol. The number of sulfone groups is 1. The van der Waals surface area contributed by atoms with E-state index < -0.39 is 9.84 Å². The lowest BCUT2D eigenvalue weighted by Gasteiger charge is -2.16. The van der Waals surface area contributed by atoms with Crippen LogP contribution in [-0.4, -0.2) is 27.8 Å². The maximum Gasteiger partial charge on any atom is 0.151 e. The molecule has 1 aromatic carbocycles. The van der Waals surface area contributed by atoms with E-state index in [9.17, 15) is 8.42 Å². The van der Waals surface area contributed by atoms with Crippen LogP contribution >= 0.6 is 0 Å². The summed E-state index contributed by atoms with van der Waals surface area (Å²) in [4.78, 5) is 0. The van der Waals surface area contributed by atoms with Gasteiger partial charge in [0, 0.05) is 17.9 Å². The van der Waals surface area contributed by atoms with Gasteiger partial charge in [0.2, 0.25) is 0 Å². The minimum absolute atomic E-state index is 0.00895. The van der Waals surface area contributed by atoms with Crippen LogP contribution in [0.3, 0.4) is 0 Å². The molecule has 0 heterocycles. The zero-order valence-electron chi connectivity index (χ0n) is 12.1. The van der Waals surface area contributed by atoms with Crippen LogP contribution in [0.4, 0.5) is 0 Å². The van der Waals surface area contributed by atoms with Crippen molar-refractivity contribution in [2.24, 2.45) is 0 Å². The van der Waals surface area contributed by atoms with Gasteiger partial charge in [-0.1, -0.05) is 13.0 Å². The van der Waals surface area contributed by atoms with Crippen molar-refractivity contribution >= 4 is 9.84 Å². The number of ether oxygens (including phenoxy) is 1. The maximum atomic E-state index is 11.5. The lowest BCUT2D eigenvalue weighted by molar-refractivity contribution is 0.337. The quantitative estimate of drug-likeness (QED) is 0.835. The van der Waals surface area contributed by atoms with Gasteiger partial charge in [0.1, 0.15) is 5.75 Å². The second-order valence-electron chi connectivity index (χ2n) is 4.65. The van der Waals surface area contributed by atoms with Crippen molar-refractivity contribution in [2.45, 2.75) is 32.6 Å². The first-order valence-corrected chi connectivity index (χ1v) is 8.60. The third-order valence-electron chi connectivity index (χ3n) is 2.81. The normalized spacial score (nSPS) is 13.3. The van der Waals surface area contributed by atoms with Crippen molar-refractivity contribution in [1.29, 1.82) is 0 Å². The Morgan fingerprint density at radius 1 is 1.32 bits per heavy atom. The monoisotopic (exact) mass is 285 g/mol. The van der Waals surface area contributed by atoms with Crippen LogP contribution in [0.2, 0.25) is 0 Å². The first-order valence-electron chi connectivity index (χ1n) is 6.54. The van der Waals surface area contributed by atoms with E-state index in [1.807, 2.05) is 32.0 Å². The van der Waals surface area contributed by atoms with Gasteiger partial charge in [-0.3, -0.25) is 0 Å². The van der Waals surface area contributed by atoms with Crippen LogP contribution in [0.5, 0.6) is 5.75 Å². The van der Waals surface area contributed by atoms with Crippen LogP contribution in [0.15, 0.2) is 18.2 Å². The molecule has 108 valence electrons. The fourth-order valence-electron chi connectivity index (χ4n) is 1.98. The summed E-state index contributed by atoms with van der Waals surface area (Å²) in [5, 5.41) is 3.31. The van der Waals surface area contributed by atoms with Crippen molar-refractivity contribution in [3.8, 4) is 5.75 Å². The van der Waals surface area contributed by atoms with Crippen LogP contribution in [0, 0.1) is 0 Å². The molecule has 19 heavy (non-hydrogen) atoms. The Labute approximate surface area is 116 Å². The molecule has 0 fully saturated rings. The molecule has 0 bridgehead atoms. The predicted molar refractivity (Wildman–Crippen MR) is 78.3 cm³/mol. The van der Waals surface area contributed by atoms with Gasteiger partial charge in [0.25, 0.3) is 0 Å². The summed E-state index contributed by atoms with van der Waals surface area (Å²) in [7, 11) is -3.07. The molecule has 1 aromatic rings. The molecule has 1 atom stereocenters. The third kappa shape index (κ3) is 5.20. The van der Waals surface area contributed by atoms with Gasteiger partial charge < -0.3 is 10.1 Å². The molecule has 0 saturated heterocycles. The molecule has 0 aliphatic carbocycles. The number of nitrogens with one attached hydrogen (secondary N) is 1. The van der Waals surface area contributed by atoms with E-state index in [1.54, 1.807) is 0 Å². The molecule has 1 rings (SSSR count). The van der Waals surface area contributed by atoms with Crippen molar-refractivity contribution in [2.75, 3.05) is 19.4 Å². The largest absolute Gasteiger partial charge is 0.494 e. The van der Waals surface area contributed by atoms with Crippen LogP contribution in [0.25, 0.3) is 0 Å². The van der Waals surface area contributed by atoms with E-state index in [2.05, 4.69) is 12.2 Å². The lowest BCUT2D eigenvalue weighted by Crippen LogP contribution is -2.18. The van der Waals surface area contributed by atoms with Crippen molar-refractivity contribution < 1.29 is 13.2 Å². The SMILES string of the molecule is CCNC(C)c1ccc(OCC)c(CS(C)(=O)=O)c1. The zero-order chi connectivity index (χ0) is 14.5. The highest BCUT2D eigenvalue weighted by Crippen LogP contribution is 2.25. The molecule has 1 N–H and O–H groups in total. The fourth-order valence-corrected chi connectivity index (χ4v) is 2.77. The van der Waals surface area contributed by atoms with Gasteiger partial charge >= 0.3 is 0 Å². The molecule has 0 aliphatic rings. The van der Waals surface area contributed by atoms with Crippen LogP contribution in [0.1, 0.15) is 37.9 Å². The minimum Gasteiger partial charge on any atom is -0.494 e. The zero-order valence-corrected chi connectivity index (χ0v) is 12.9. The Balaban J connectivity index is 3.10. The molecule has 1 unspecified atom stereocenters. The highest BCUT2D eigenvalue weighted by Gasteiger charge is 2.13. The minimum atomic E-state index is -3.07. The summed E-state index contributed by atoms with van der Waals surface area (Å²) in [6.07, 6.45) is 1.24. The van der Waals surface area contributed by atoms with Gasteiger partial charge in [0.15, 0.2) is 9.84 Å². The number of hydrogen-bond acceptors (Lipinski definition) is 4. The van der Waals surface area contributed by atoms with Gasteiger partial charge in [-0.05, 0) is 38.1 Å². The summed E-state index contributed by atoms with van der Waals surface area (Å²) >= 11 is 0. The van der Waals surface area contributed by atoms with Crippen molar-refractivity contribution in [1.82, 2.24) is 5.32 Å². The second-order valence-corrected chi connectivity index (χ2v) is 6.79. The van der Waals surface area contributed by atoms with Crippen LogP contribution in [-0.2, 0) is 15.6 Å². The number of rotatable bonds is 7. The number of hydrogen-bond donors (Lipinski definition) is 1. The summed E-state index contributed by atoms with van der Waals surface area (Å²) in [6.45, 7) is 7.39. The number of benzene rings is 1. The fraction of sp³-hybridized carbons (Fsp3) is 0.571. The van der Waals surface area contributed by atoms with E-state index in [0.29, 0.717) is 12.4 Å². The second kappa shape index (κ2) is 6.91. The highest BCUT2D eigenvalue weighted by molar-refractivity contribution is 7.89. The van der Waals surface area contributed by atoms with E-state index in [1.165, 1.54) is 6.26 Å². The van der Waals surface area contributed by atoms with E-state index in [0.717, 1.165) is 17.7 Å². The van der Waals surface area contributed by atoms with Crippen LogP contribution < -0.4 is 10.1 Å². The standard InChI is InChI=1S/C14H23NO3S/c1-5-15-11(3)12-7-8-14(18-6-2)13(9-12)10-19(4,16)17/h7-9,11,15H,5-6,10H2,1-4H3. The topological polar surface area (TPSA) is 55.4 Å². The Hall–Kier alpha value is -1.07. The molecular weight excluding hydrogens is 262 g/mol. The molecule has 0 amide bonds. The van der Waals surface area contributed by atoms with E-state index in [-0.39, 0.29) is 11.8 Å². The van der Waals surface area contributed by atoms with Crippen molar-refractivity contribution in [3.63, 3.8) is 0 Å². The van der Waals surface area contributed by atoms with E-state index in [4.69, 9.17) is 4.74 Å². The Morgan fingerprint density at radius 2 is 2.00 bits per heavy atom. The Bertz CT molecular complexity index is 511. The lowest BCUT2D eigenvalue weighted by atomic mass is 10.0. The van der Waals surface area contributed by atoms with Gasteiger partial charge in [-0.2, -0.15) is 0 Å². The molecule has 0 aromatic heterocycles. The summed E-state index contributed by atoms with van der Waals surface area (Å²) in [6, 6.07) is 5.94. The highest BCUT2D eigenvalue weighted by atomic mass is 32.2.